The van der Waals surface area contributed by atoms with Crippen molar-refractivity contribution in [2.24, 2.45) is 0 Å². The van der Waals surface area contributed by atoms with Crippen LogP contribution in [0.3, 0.4) is 0 Å². The van der Waals surface area contributed by atoms with E-state index in [0.29, 0.717) is 38.4 Å². The first kappa shape index (κ1) is 22.2. The molecule has 2 aromatic carbocycles. The summed E-state index contributed by atoms with van der Waals surface area (Å²) in [6.07, 6.45) is 0.648. The molecule has 0 aliphatic rings. The first-order valence-electron chi connectivity index (χ1n) is 9.39. The summed E-state index contributed by atoms with van der Waals surface area (Å²) >= 11 is 0. The average Bonchev–Trinajstić information content (AvgIpc) is 2.72. The van der Waals surface area contributed by atoms with Gasteiger partial charge in [0.1, 0.15) is 11.4 Å². The van der Waals surface area contributed by atoms with Crippen LogP contribution in [0.5, 0.6) is 5.75 Å². The summed E-state index contributed by atoms with van der Waals surface area (Å²) < 4.78 is 10.7. The van der Waals surface area contributed by atoms with Crippen molar-refractivity contribution < 1.29 is 19.2 Å². The Hall–Kier alpha value is -3.13. The Kier molecular flexibility index (Phi) is 8.42. The molecule has 0 saturated heterocycles. The second kappa shape index (κ2) is 11.0. The summed E-state index contributed by atoms with van der Waals surface area (Å²) in [4.78, 5) is 25.0. The van der Waals surface area contributed by atoms with Crippen LogP contribution >= 0.6 is 0 Å². The molecular formula is C21H27N3O5. The smallest absolute Gasteiger partial charge is 0.293 e. The summed E-state index contributed by atoms with van der Waals surface area (Å²) in [5, 5.41) is 14.3. The Labute approximate surface area is 170 Å². The van der Waals surface area contributed by atoms with Crippen LogP contribution in [0.1, 0.15) is 22.3 Å². The van der Waals surface area contributed by atoms with Gasteiger partial charge in [-0.15, -0.1) is 0 Å². The van der Waals surface area contributed by atoms with E-state index in [4.69, 9.17) is 9.47 Å². The molecule has 1 amide bonds. The highest BCUT2D eigenvalue weighted by Gasteiger charge is 2.19. The largest absolute Gasteiger partial charge is 0.493 e. The molecule has 0 unspecified atom stereocenters. The Morgan fingerprint density at radius 2 is 1.97 bits per heavy atom. The summed E-state index contributed by atoms with van der Waals surface area (Å²) in [6, 6.07) is 12.2. The minimum absolute atomic E-state index is 0.136. The fourth-order valence-corrected chi connectivity index (χ4v) is 2.78. The minimum atomic E-state index is -0.498. The molecule has 1 N–H and O–H groups in total. The lowest BCUT2D eigenvalue weighted by molar-refractivity contribution is -0.384. The third-order valence-electron chi connectivity index (χ3n) is 4.40. The number of anilines is 1. The Morgan fingerprint density at radius 3 is 2.66 bits per heavy atom. The molecular weight excluding hydrogens is 374 g/mol. The third-order valence-corrected chi connectivity index (χ3v) is 4.40. The second-order valence-electron chi connectivity index (χ2n) is 6.60. The lowest BCUT2D eigenvalue weighted by Crippen LogP contribution is -2.28. The van der Waals surface area contributed by atoms with Crippen molar-refractivity contribution >= 4 is 17.3 Å². The van der Waals surface area contributed by atoms with Gasteiger partial charge >= 0.3 is 0 Å². The Balaban J connectivity index is 1.93. The molecule has 0 aliphatic carbocycles. The van der Waals surface area contributed by atoms with E-state index < -0.39 is 4.92 Å². The van der Waals surface area contributed by atoms with Crippen molar-refractivity contribution in [1.29, 1.82) is 0 Å². The van der Waals surface area contributed by atoms with Gasteiger partial charge in [0.05, 0.1) is 18.1 Å². The number of carbonyl (C=O) groups excluding carboxylic acids is 1. The van der Waals surface area contributed by atoms with Crippen LogP contribution in [0.25, 0.3) is 0 Å². The van der Waals surface area contributed by atoms with Crippen molar-refractivity contribution in [3.8, 4) is 5.75 Å². The zero-order valence-electron chi connectivity index (χ0n) is 17.0. The normalized spacial score (nSPS) is 10.4. The number of nitrogens with one attached hydrogen (secondary N) is 1. The lowest BCUT2D eigenvalue weighted by Gasteiger charge is -2.18. The highest BCUT2D eigenvalue weighted by atomic mass is 16.6. The number of methoxy groups -OCH3 is 1. The molecule has 0 aliphatic heterocycles. The third kappa shape index (κ3) is 6.46. The van der Waals surface area contributed by atoms with Crippen LogP contribution in [0, 0.1) is 17.0 Å². The van der Waals surface area contributed by atoms with Crippen molar-refractivity contribution in [2.45, 2.75) is 13.3 Å². The predicted octanol–water partition coefficient (Wildman–Crippen LogP) is 3.50. The molecule has 0 aromatic heterocycles. The Morgan fingerprint density at radius 1 is 1.21 bits per heavy atom. The molecule has 156 valence electrons. The van der Waals surface area contributed by atoms with Crippen LogP contribution in [0.15, 0.2) is 42.5 Å². The van der Waals surface area contributed by atoms with Gasteiger partial charge in [0.25, 0.3) is 11.6 Å². The van der Waals surface area contributed by atoms with Gasteiger partial charge in [0.2, 0.25) is 0 Å². The van der Waals surface area contributed by atoms with Crippen LogP contribution < -0.4 is 10.1 Å². The van der Waals surface area contributed by atoms with Crippen LogP contribution in [0.2, 0.25) is 0 Å². The number of benzene rings is 2. The fourth-order valence-electron chi connectivity index (χ4n) is 2.78. The van der Waals surface area contributed by atoms with E-state index in [1.165, 1.54) is 11.0 Å². The van der Waals surface area contributed by atoms with Crippen molar-refractivity contribution in [2.75, 3.05) is 45.8 Å². The molecule has 0 saturated carbocycles. The quantitative estimate of drug-likeness (QED) is 0.352. The molecule has 0 atom stereocenters. The van der Waals surface area contributed by atoms with Gasteiger partial charge in [-0.05, 0) is 37.1 Å². The van der Waals surface area contributed by atoms with Crippen molar-refractivity contribution in [1.82, 2.24) is 4.90 Å². The molecule has 0 spiro atoms. The standard InChI is InChI=1S/C21H27N3O5/c1-16-7-4-5-8-20(16)29-13-6-12-23(2)21(25)17-9-10-18(22-11-14-28-3)19(15-17)24(26)27/h4-5,7-10,15,22H,6,11-14H2,1-3H3. The molecule has 2 aromatic rings. The SMILES string of the molecule is COCCNc1ccc(C(=O)N(C)CCCOc2ccccc2C)cc1[N+](=O)[O-]. The summed E-state index contributed by atoms with van der Waals surface area (Å²) in [5.41, 5.74) is 1.56. The molecule has 29 heavy (non-hydrogen) atoms. The number of para-hydroxylation sites is 1. The van der Waals surface area contributed by atoms with E-state index in [2.05, 4.69) is 5.32 Å². The van der Waals surface area contributed by atoms with Gasteiger partial charge in [0.15, 0.2) is 0 Å². The zero-order valence-corrected chi connectivity index (χ0v) is 17.0. The number of aryl methyl sites for hydroxylation is 1. The number of rotatable bonds is 11. The van der Waals surface area contributed by atoms with Gasteiger partial charge < -0.3 is 19.7 Å². The topological polar surface area (TPSA) is 93.9 Å². The summed E-state index contributed by atoms with van der Waals surface area (Å²) in [6.45, 7) is 3.79. The van der Waals surface area contributed by atoms with Gasteiger partial charge in [-0.1, -0.05) is 18.2 Å². The summed E-state index contributed by atoms with van der Waals surface area (Å²) in [7, 11) is 3.23. The number of ether oxygens (including phenoxy) is 2. The maximum atomic E-state index is 12.6. The molecule has 0 bridgehead atoms. The molecule has 2 rings (SSSR count). The fraction of sp³-hybridized carbons (Fsp3) is 0.381. The van der Waals surface area contributed by atoms with Crippen LogP contribution in [-0.4, -0.2) is 56.2 Å². The number of nitro benzene ring substituents is 1. The maximum Gasteiger partial charge on any atom is 0.293 e. The van der Waals surface area contributed by atoms with E-state index in [0.717, 1.165) is 11.3 Å². The van der Waals surface area contributed by atoms with Crippen molar-refractivity contribution in [3.05, 3.63) is 63.7 Å². The number of nitro groups is 1. The number of nitrogens with zero attached hydrogens (tertiary/aromatic N) is 2. The monoisotopic (exact) mass is 401 g/mol. The number of amides is 1. The maximum absolute atomic E-state index is 12.6. The molecule has 0 radical (unpaired) electrons. The van der Waals surface area contributed by atoms with E-state index >= 15 is 0 Å². The van der Waals surface area contributed by atoms with E-state index in [1.54, 1.807) is 26.3 Å². The molecule has 0 heterocycles. The van der Waals surface area contributed by atoms with Crippen LogP contribution in [0.4, 0.5) is 11.4 Å². The molecule has 8 nitrogen and oxygen atoms in total. The lowest BCUT2D eigenvalue weighted by atomic mass is 10.1. The molecule has 0 fully saturated rings. The predicted molar refractivity (Wildman–Crippen MR) is 112 cm³/mol. The minimum Gasteiger partial charge on any atom is -0.493 e. The van der Waals surface area contributed by atoms with Gasteiger partial charge in [-0.2, -0.15) is 0 Å². The van der Waals surface area contributed by atoms with E-state index in [-0.39, 0.29) is 17.2 Å². The first-order chi connectivity index (χ1) is 13.9. The summed E-state index contributed by atoms with van der Waals surface area (Å²) in [5.74, 6) is 0.557. The number of hydrogen-bond acceptors (Lipinski definition) is 6. The highest BCUT2D eigenvalue weighted by molar-refractivity contribution is 5.95. The van der Waals surface area contributed by atoms with Crippen molar-refractivity contribution in [3.63, 3.8) is 0 Å². The van der Waals surface area contributed by atoms with Crippen LogP contribution in [-0.2, 0) is 4.74 Å². The van der Waals surface area contributed by atoms with Gasteiger partial charge in [-0.25, -0.2) is 0 Å². The molecule has 8 heteroatoms. The number of hydrogen-bond donors (Lipinski definition) is 1. The number of carbonyl (C=O) groups is 1. The zero-order chi connectivity index (χ0) is 21.2. The average molecular weight is 401 g/mol. The van der Waals surface area contributed by atoms with E-state index in [9.17, 15) is 14.9 Å². The highest BCUT2D eigenvalue weighted by Crippen LogP contribution is 2.26. The first-order valence-corrected chi connectivity index (χ1v) is 9.39. The van der Waals surface area contributed by atoms with E-state index in [1.807, 2.05) is 31.2 Å². The van der Waals surface area contributed by atoms with Gasteiger partial charge in [0, 0.05) is 38.9 Å². The van der Waals surface area contributed by atoms with Gasteiger partial charge in [-0.3, -0.25) is 14.9 Å². The second-order valence-corrected chi connectivity index (χ2v) is 6.60. The Bertz CT molecular complexity index is 841.